The van der Waals surface area contributed by atoms with Crippen molar-refractivity contribution in [3.63, 3.8) is 0 Å². The maximum absolute atomic E-state index is 9.75. The minimum Gasteiger partial charge on any atom is -0.418 e. The zero-order valence-corrected chi connectivity index (χ0v) is 8.25. The van der Waals surface area contributed by atoms with Gasteiger partial charge < -0.3 is 22.2 Å². The van der Waals surface area contributed by atoms with Crippen molar-refractivity contribution in [2.45, 2.75) is 6.92 Å². The SMILES string of the molecule is C=CN1C=CN(OCC)C1.F[B-](F)(F)F. The highest BCUT2D eigenvalue weighted by molar-refractivity contribution is 6.50. The predicted octanol–water partition coefficient (Wildman–Crippen LogP) is 2.43. The molecule has 0 unspecified atom stereocenters. The standard InChI is InChI=1S/C7H12N2O.BF4/c1-3-8-5-6-9(7-8)10-4-2;2-1(3,4)5/h3,5-6H,1,4,7H2,2H3;/q;-1. The van der Waals surface area contributed by atoms with Crippen molar-refractivity contribution in [3.8, 4) is 0 Å². The molecule has 0 saturated heterocycles. The lowest BCUT2D eigenvalue weighted by Gasteiger charge is -2.16. The molecule has 0 aliphatic carbocycles. The van der Waals surface area contributed by atoms with Gasteiger partial charge in [0.05, 0.1) is 6.61 Å². The fraction of sp³-hybridized carbons (Fsp3) is 0.429. The van der Waals surface area contributed by atoms with E-state index in [4.69, 9.17) is 4.84 Å². The number of nitrogens with zero attached hydrogens (tertiary/aromatic N) is 2. The second-order valence-electron chi connectivity index (χ2n) is 2.47. The molecule has 0 N–H and O–H groups in total. The van der Waals surface area contributed by atoms with E-state index in [9.17, 15) is 17.3 Å². The average Bonchev–Trinajstić information content (AvgIpc) is 2.50. The van der Waals surface area contributed by atoms with Crippen molar-refractivity contribution < 1.29 is 22.1 Å². The van der Waals surface area contributed by atoms with Crippen LogP contribution in [0, 0.1) is 0 Å². The first-order valence-corrected chi connectivity index (χ1v) is 4.20. The summed E-state index contributed by atoms with van der Waals surface area (Å²) >= 11 is 0. The molecule has 0 amide bonds. The first-order chi connectivity index (χ1) is 6.86. The number of hydrogen-bond donors (Lipinski definition) is 0. The van der Waals surface area contributed by atoms with Gasteiger partial charge in [0.15, 0.2) is 0 Å². The fourth-order valence-corrected chi connectivity index (χ4v) is 0.783. The summed E-state index contributed by atoms with van der Waals surface area (Å²) in [4.78, 5) is 7.13. The van der Waals surface area contributed by atoms with Gasteiger partial charge in [-0.1, -0.05) is 6.58 Å². The van der Waals surface area contributed by atoms with Crippen LogP contribution in [0.25, 0.3) is 0 Å². The van der Waals surface area contributed by atoms with Gasteiger partial charge in [-0.2, -0.15) is 0 Å². The zero-order valence-electron chi connectivity index (χ0n) is 8.25. The predicted molar refractivity (Wildman–Crippen MR) is 49.7 cm³/mol. The van der Waals surface area contributed by atoms with Crippen molar-refractivity contribution in [3.05, 3.63) is 25.2 Å². The lowest BCUT2D eigenvalue weighted by atomic mass is 10.3. The molecular weight excluding hydrogens is 215 g/mol. The van der Waals surface area contributed by atoms with E-state index in [1.807, 2.05) is 24.2 Å². The third-order valence-electron chi connectivity index (χ3n) is 1.26. The van der Waals surface area contributed by atoms with Crippen molar-refractivity contribution in [1.29, 1.82) is 0 Å². The monoisotopic (exact) mass is 227 g/mol. The molecule has 0 bridgehead atoms. The van der Waals surface area contributed by atoms with Crippen LogP contribution in [0.15, 0.2) is 25.2 Å². The number of hydroxylamine groups is 2. The molecule has 1 heterocycles. The van der Waals surface area contributed by atoms with Crippen LogP contribution in [0.4, 0.5) is 17.3 Å². The lowest BCUT2D eigenvalue weighted by Crippen LogP contribution is -2.21. The van der Waals surface area contributed by atoms with Gasteiger partial charge in [-0.3, -0.25) is 4.84 Å². The average molecular weight is 227 g/mol. The quantitative estimate of drug-likeness (QED) is 0.543. The van der Waals surface area contributed by atoms with E-state index in [0.717, 1.165) is 6.67 Å². The Morgan fingerprint density at radius 3 is 2.27 bits per heavy atom. The van der Waals surface area contributed by atoms with Crippen LogP contribution in [0.2, 0.25) is 0 Å². The van der Waals surface area contributed by atoms with E-state index in [2.05, 4.69) is 6.58 Å². The molecule has 1 rings (SSSR count). The van der Waals surface area contributed by atoms with Crippen LogP contribution >= 0.6 is 0 Å². The van der Waals surface area contributed by atoms with Gasteiger partial charge in [0, 0.05) is 12.4 Å². The maximum Gasteiger partial charge on any atom is 0.673 e. The van der Waals surface area contributed by atoms with Crippen molar-refractivity contribution in [1.82, 2.24) is 9.96 Å². The maximum atomic E-state index is 9.75. The van der Waals surface area contributed by atoms with E-state index in [-0.39, 0.29) is 0 Å². The second-order valence-corrected chi connectivity index (χ2v) is 2.47. The largest absolute Gasteiger partial charge is 0.673 e. The Kier molecular flexibility index (Phi) is 5.84. The minimum absolute atomic E-state index is 0.704. The molecular formula is C7H12BF4N2O-. The van der Waals surface area contributed by atoms with Crippen LogP contribution in [0.5, 0.6) is 0 Å². The van der Waals surface area contributed by atoms with E-state index in [0.29, 0.717) is 6.61 Å². The highest BCUT2D eigenvalue weighted by atomic mass is 19.5. The topological polar surface area (TPSA) is 15.7 Å². The Morgan fingerprint density at radius 1 is 1.40 bits per heavy atom. The van der Waals surface area contributed by atoms with Gasteiger partial charge in [0.1, 0.15) is 6.67 Å². The van der Waals surface area contributed by atoms with Gasteiger partial charge in [-0.25, -0.2) is 5.06 Å². The Balaban J connectivity index is 0.000000336. The van der Waals surface area contributed by atoms with Crippen LogP contribution in [-0.2, 0) is 4.84 Å². The molecule has 0 aromatic rings. The summed E-state index contributed by atoms with van der Waals surface area (Å²) < 4.78 is 39.0. The molecule has 0 atom stereocenters. The van der Waals surface area contributed by atoms with Gasteiger partial charge >= 0.3 is 7.25 Å². The minimum atomic E-state index is -6.00. The Labute approximate surface area is 85.7 Å². The summed E-state index contributed by atoms with van der Waals surface area (Å²) in [6, 6.07) is 0. The van der Waals surface area contributed by atoms with Gasteiger partial charge in [0.2, 0.25) is 0 Å². The number of halogens is 4. The Hall–Kier alpha value is -1.18. The molecule has 0 aromatic heterocycles. The third kappa shape index (κ3) is 9.14. The molecule has 88 valence electrons. The highest BCUT2D eigenvalue weighted by Gasteiger charge is 2.20. The molecule has 3 nitrogen and oxygen atoms in total. The first kappa shape index (κ1) is 13.8. The van der Waals surface area contributed by atoms with E-state index < -0.39 is 7.25 Å². The van der Waals surface area contributed by atoms with Crippen molar-refractivity contribution in [2.75, 3.05) is 13.3 Å². The molecule has 1 aliphatic rings. The molecule has 0 spiro atoms. The number of rotatable bonds is 3. The first-order valence-electron chi connectivity index (χ1n) is 4.20. The van der Waals surface area contributed by atoms with Gasteiger partial charge in [-0.15, -0.1) is 0 Å². The number of hydrogen-bond acceptors (Lipinski definition) is 3. The summed E-state index contributed by atoms with van der Waals surface area (Å²) in [5.41, 5.74) is 0. The van der Waals surface area contributed by atoms with Crippen LogP contribution in [-0.4, -0.2) is 30.5 Å². The van der Waals surface area contributed by atoms with E-state index in [1.54, 1.807) is 11.3 Å². The summed E-state index contributed by atoms with van der Waals surface area (Å²) in [6.07, 6.45) is 5.56. The Morgan fingerprint density at radius 2 is 1.93 bits per heavy atom. The molecule has 15 heavy (non-hydrogen) atoms. The van der Waals surface area contributed by atoms with Crippen LogP contribution in [0.1, 0.15) is 6.92 Å². The summed E-state index contributed by atoms with van der Waals surface area (Å²) in [6.45, 7) is 7.04. The fourth-order valence-electron chi connectivity index (χ4n) is 0.783. The summed E-state index contributed by atoms with van der Waals surface area (Å²) in [7, 11) is -6.00. The smallest absolute Gasteiger partial charge is 0.418 e. The molecule has 0 aromatic carbocycles. The van der Waals surface area contributed by atoms with Crippen LogP contribution < -0.4 is 0 Å². The zero-order chi connectivity index (χ0) is 11.9. The highest BCUT2D eigenvalue weighted by Crippen LogP contribution is 2.06. The van der Waals surface area contributed by atoms with E-state index in [1.165, 1.54) is 0 Å². The lowest BCUT2D eigenvalue weighted by molar-refractivity contribution is -0.120. The molecule has 0 fully saturated rings. The summed E-state index contributed by atoms with van der Waals surface area (Å²) in [5.74, 6) is 0. The second kappa shape index (κ2) is 6.33. The van der Waals surface area contributed by atoms with Crippen molar-refractivity contribution >= 4 is 7.25 Å². The van der Waals surface area contributed by atoms with Gasteiger partial charge in [0.25, 0.3) is 0 Å². The molecule has 8 heteroatoms. The Bertz CT molecular complexity index is 216. The molecule has 0 radical (unpaired) electrons. The summed E-state index contributed by atoms with van der Waals surface area (Å²) in [5, 5.41) is 1.77. The third-order valence-corrected chi connectivity index (χ3v) is 1.26. The van der Waals surface area contributed by atoms with Crippen LogP contribution in [0.3, 0.4) is 0 Å². The normalized spacial score (nSPS) is 15.0. The van der Waals surface area contributed by atoms with E-state index >= 15 is 0 Å². The molecule has 1 aliphatic heterocycles. The van der Waals surface area contributed by atoms with Crippen molar-refractivity contribution in [2.24, 2.45) is 0 Å². The van der Waals surface area contributed by atoms with Gasteiger partial charge in [-0.05, 0) is 13.1 Å². The molecule has 0 saturated carbocycles.